The fourth-order valence-electron chi connectivity index (χ4n) is 1.22. The summed E-state index contributed by atoms with van der Waals surface area (Å²) < 4.78 is 0. The van der Waals surface area contributed by atoms with Gasteiger partial charge in [-0.2, -0.15) is 0 Å². The molecule has 1 rings (SSSR count). The van der Waals surface area contributed by atoms with E-state index >= 15 is 0 Å². The van der Waals surface area contributed by atoms with Gasteiger partial charge in [-0.1, -0.05) is 30.3 Å². The molecule has 0 heterocycles. The van der Waals surface area contributed by atoms with Gasteiger partial charge in [-0.25, -0.2) is 4.79 Å². The Labute approximate surface area is 88.2 Å². The zero-order valence-corrected chi connectivity index (χ0v) is 8.66. The Morgan fingerprint density at radius 3 is 2.50 bits per heavy atom. The van der Waals surface area contributed by atoms with E-state index in [-0.39, 0.29) is 11.4 Å². The molecule has 0 aliphatic heterocycles. The van der Waals surface area contributed by atoms with Crippen molar-refractivity contribution in [2.75, 3.05) is 0 Å². The van der Waals surface area contributed by atoms with Gasteiger partial charge in [0, 0.05) is 6.04 Å². The third-order valence-electron chi connectivity index (χ3n) is 1.93. The van der Waals surface area contributed by atoms with Crippen LogP contribution in [0.3, 0.4) is 0 Å². The van der Waals surface area contributed by atoms with Gasteiger partial charge in [-0.15, -0.1) is 11.6 Å². The van der Waals surface area contributed by atoms with Crippen LogP contribution in [0.15, 0.2) is 30.3 Å². The standard InChI is InChI=1S/C10H13ClN2O/c1-7(13-10(12)14)9(11)8-5-3-2-4-6-8/h2-7,9H,1H3,(H3,12,13,14)/t7-,9+/m1/s1. The number of nitrogens with one attached hydrogen (secondary N) is 1. The summed E-state index contributed by atoms with van der Waals surface area (Å²) in [6.07, 6.45) is 0. The van der Waals surface area contributed by atoms with E-state index in [0.29, 0.717) is 0 Å². The Morgan fingerprint density at radius 1 is 1.43 bits per heavy atom. The van der Waals surface area contributed by atoms with Crippen molar-refractivity contribution >= 4 is 17.6 Å². The lowest BCUT2D eigenvalue weighted by Gasteiger charge is -2.18. The Bertz CT molecular complexity index is 302. The Morgan fingerprint density at radius 2 is 2.00 bits per heavy atom. The number of amides is 2. The van der Waals surface area contributed by atoms with Crippen LogP contribution in [0.1, 0.15) is 17.9 Å². The lowest BCUT2D eigenvalue weighted by Crippen LogP contribution is -2.39. The molecular formula is C10H13ClN2O. The summed E-state index contributed by atoms with van der Waals surface area (Å²) in [6.45, 7) is 1.81. The lowest BCUT2D eigenvalue weighted by molar-refractivity contribution is 0.245. The first-order valence-corrected chi connectivity index (χ1v) is 4.80. The molecule has 76 valence electrons. The lowest BCUT2D eigenvalue weighted by atomic mass is 10.1. The summed E-state index contributed by atoms with van der Waals surface area (Å²) in [5.74, 6) is 0. The molecule has 0 aromatic heterocycles. The normalized spacial score (nSPS) is 14.4. The van der Waals surface area contributed by atoms with Crippen LogP contribution >= 0.6 is 11.6 Å². The minimum atomic E-state index is -0.556. The van der Waals surface area contributed by atoms with Gasteiger partial charge in [-0.05, 0) is 12.5 Å². The van der Waals surface area contributed by atoms with Gasteiger partial charge in [0.1, 0.15) is 0 Å². The number of rotatable bonds is 3. The van der Waals surface area contributed by atoms with Gasteiger partial charge in [0.05, 0.1) is 5.38 Å². The predicted molar refractivity (Wildman–Crippen MR) is 57.2 cm³/mol. The molecule has 0 saturated heterocycles. The van der Waals surface area contributed by atoms with Crippen molar-refractivity contribution in [3.8, 4) is 0 Å². The van der Waals surface area contributed by atoms with E-state index in [1.165, 1.54) is 0 Å². The van der Waals surface area contributed by atoms with Crippen LogP contribution in [-0.4, -0.2) is 12.1 Å². The molecular weight excluding hydrogens is 200 g/mol. The summed E-state index contributed by atoms with van der Waals surface area (Å²) in [7, 11) is 0. The minimum Gasteiger partial charge on any atom is -0.352 e. The van der Waals surface area contributed by atoms with Gasteiger partial charge in [-0.3, -0.25) is 0 Å². The highest BCUT2D eigenvalue weighted by Crippen LogP contribution is 2.23. The maximum Gasteiger partial charge on any atom is 0.312 e. The molecule has 2 amide bonds. The van der Waals surface area contributed by atoms with Crippen molar-refractivity contribution in [3.05, 3.63) is 35.9 Å². The van der Waals surface area contributed by atoms with Gasteiger partial charge < -0.3 is 11.1 Å². The first kappa shape index (κ1) is 10.9. The van der Waals surface area contributed by atoms with E-state index in [9.17, 15) is 4.79 Å². The van der Waals surface area contributed by atoms with Gasteiger partial charge in [0.2, 0.25) is 0 Å². The average molecular weight is 213 g/mol. The van der Waals surface area contributed by atoms with Crippen LogP contribution in [0.2, 0.25) is 0 Å². The number of carbonyl (C=O) groups is 1. The van der Waals surface area contributed by atoms with Crippen molar-refractivity contribution in [3.63, 3.8) is 0 Å². The number of halogens is 1. The highest BCUT2D eigenvalue weighted by Gasteiger charge is 2.16. The van der Waals surface area contributed by atoms with E-state index in [0.717, 1.165) is 5.56 Å². The van der Waals surface area contributed by atoms with Crippen molar-refractivity contribution in [2.24, 2.45) is 5.73 Å². The molecule has 1 aromatic carbocycles. The number of alkyl halides is 1. The smallest absolute Gasteiger partial charge is 0.312 e. The third-order valence-corrected chi connectivity index (χ3v) is 2.56. The highest BCUT2D eigenvalue weighted by atomic mass is 35.5. The van der Waals surface area contributed by atoms with E-state index in [1.54, 1.807) is 0 Å². The van der Waals surface area contributed by atoms with Crippen molar-refractivity contribution < 1.29 is 4.79 Å². The Balaban J connectivity index is 2.65. The number of nitrogens with two attached hydrogens (primary N) is 1. The Kier molecular flexibility index (Phi) is 3.77. The molecule has 4 heteroatoms. The van der Waals surface area contributed by atoms with Crippen LogP contribution < -0.4 is 11.1 Å². The van der Waals surface area contributed by atoms with E-state index in [4.69, 9.17) is 17.3 Å². The number of carbonyl (C=O) groups excluding carboxylic acids is 1. The summed E-state index contributed by atoms with van der Waals surface area (Å²) in [4.78, 5) is 10.6. The summed E-state index contributed by atoms with van der Waals surface area (Å²) in [5.41, 5.74) is 5.97. The molecule has 3 nitrogen and oxygen atoms in total. The quantitative estimate of drug-likeness (QED) is 0.741. The fourth-order valence-corrected chi connectivity index (χ4v) is 1.43. The molecule has 2 atom stereocenters. The van der Waals surface area contributed by atoms with Crippen LogP contribution in [0.25, 0.3) is 0 Å². The van der Waals surface area contributed by atoms with Gasteiger partial charge in [0.15, 0.2) is 0 Å². The molecule has 3 N–H and O–H groups in total. The van der Waals surface area contributed by atoms with E-state index in [1.807, 2.05) is 37.3 Å². The molecule has 0 fully saturated rings. The van der Waals surface area contributed by atoms with Crippen LogP contribution in [0.4, 0.5) is 4.79 Å². The summed E-state index contributed by atoms with van der Waals surface area (Å²) in [6, 6.07) is 8.81. The van der Waals surface area contributed by atoms with Crippen molar-refractivity contribution in [1.29, 1.82) is 0 Å². The third kappa shape index (κ3) is 2.92. The topological polar surface area (TPSA) is 55.1 Å². The second kappa shape index (κ2) is 4.86. The molecule has 0 bridgehead atoms. The van der Waals surface area contributed by atoms with E-state index < -0.39 is 6.03 Å². The second-order valence-corrected chi connectivity index (χ2v) is 3.58. The molecule has 1 aromatic rings. The predicted octanol–water partition coefficient (Wildman–Crippen LogP) is 2.02. The number of primary amides is 1. The molecule has 14 heavy (non-hydrogen) atoms. The summed E-state index contributed by atoms with van der Waals surface area (Å²) in [5, 5.41) is 2.29. The molecule has 0 unspecified atom stereocenters. The number of hydrogen-bond donors (Lipinski definition) is 2. The highest BCUT2D eigenvalue weighted by molar-refractivity contribution is 6.21. The molecule has 0 radical (unpaired) electrons. The zero-order valence-electron chi connectivity index (χ0n) is 7.91. The minimum absolute atomic E-state index is 0.184. The molecule has 0 saturated carbocycles. The molecule has 0 aliphatic carbocycles. The second-order valence-electron chi connectivity index (χ2n) is 3.11. The first-order chi connectivity index (χ1) is 6.61. The maximum atomic E-state index is 10.6. The first-order valence-electron chi connectivity index (χ1n) is 4.36. The maximum absolute atomic E-state index is 10.6. The van der Waals surface area contributed by atoms with Crippen LogP contribution in [-0.2, 0) is 0 Å². The van der Waals surface area contributed by atoms with Crippen molar-refractivity contribution in [1.82, 2.24) is 5.32 Å². The number of hydrogen-bond acceptors (Lipinski definition) is 1. The zero-order chi connectivity index (χ0) is 10.6. The average Bonchev–Trinajstić information content (AvgIpc) is 2.17. The largest absolute Gasteiger partial charge is 0.352 e. The van der Waals surface area contributed by atoms with Crippen molar-refractivity contribution in [2.45, 2.75) is 18.3 Å². The van der Waals surface area contributed by atoms with Gasteiger partial charge >= 0.3 is 6.03 Å². The summed E-state index contributed by atoms with van der Waals surface area (Å²) >= 11 is 6.13. The SMILES string of the molecule is C[C@@H](NC(N)=O)[C@H](Cl)c1ccccc1. The van der Waals surface area contributed by atoms with Crippen LogP contribution in [0, 0.1) is 0 Å². The monoisotopic (exact) mass is 212 g/mol. The fraction of sp³-hybridized carbons (Fsp3) is 0.300. The van der Waals surface area contributed by atoms with E-state index in [2.05, 4.69) is 5.32 Å². The number of benzene rings is 1. The Hall–Kier alpha value is -1.22. The number of urea groups is 1. The molecule has 0 spiro atoms. The molecule has 0 aliphatic rings. The van der Waals surface area contributed by atoms with Gasteiger partial charge in [0.25, 0.3) is 0 Å². The van der Waals surface area contributed by atoms with Crippen LogP contribution in [0.5, 0.6) is 0 Å².